The van der Waals surface area contributed by atoms with E-state index in [0.29, 0.717) is 21.2 Å². The van der Waals surface area contributed by atoms with Gasteiger partial charge in [-0.1, -0.05) is 17.7 Å². The molecule has 0 radical (unpaired) electrons. The third-order valence-electron chi connectivity index (χ3n) is 2.94. The maximum absolute atomic E-state index is 12.2. The van der Waals surface area contributed by atoms with Gasteiger partial charge in [-0.15, -0.1) is 11.3 Å². The highest BCUT2D eigenvalue weighted by atomic mass is 35.5. The van der Waals surface area contributed by atoms with E-state index in [1.165, 1.54) is 23.5 Å². The highest BCUT2D eigenvalue weighted by Crippen LogP contribution is 2.29. The van der Waals surface area contributed by atoms with Crippen LogP contribution in [0.5, 0.6) is 0 Å². The molecule has 0 aliphatic rings. The Kier molecular flexibility index (Phi) is 4.38. The lowest BCUT2D eigenvalue weighted by Crippen LogP contribution is -2.16. The van der Waals surface area contributed by atoms with Crippen LogP contribution < -0.4 is 10.5 Å². The van der Waals surface area contributed by atoms with E-state index in [-0.39, 0.29) is 10.8 Å². The highest BCUT2D eigenvalue weighted by Gasteiger charge is 2.18. The van der Waals surface area contributed by atoms with E-state index in [2.05, 4.69) is 5.32 Å². The van der Waals surface area contributed by atoms with Crippen LogP contribution in [0.25, 0.3) is 0 Å². The zero-order valence-corrected chi connectivity index (χ0v) is 13.7. The maximum Gasteiger partial charge on any atom is 0.267 e. The monoisotopic (exact) mass is 344 g/mol. The molecule has 1 aromatic heterocycles. The average molecular weight is 345 g/mol. The Morgan fingerprint density at radius 2 is 2.00 bits per heavy atom. The molecule has 3 N–H and O–H groups in total. The quantitative estimate of drug-likeness (QED) is 0.897. The number of benzene rings is 1. The van der Waals surface area contributed by atoms with Crippen molar-refractivity contribution in [1.82, 2.24) is 0 Å². The summed E-state index contributed by atoms with van der Waals surface area (Å²) in [6, 6.07) is 4.52. The molecule has 0 saturated heterocycles. The first-order valence-electron chi connectivity index (χ1n) is 5.89. The molecular weight excluding hydrogens is 332 g/mol. The van der Waals surface area contributed by atoms with Gasteiger partial charge < -0.3 is 5.32 Å². The van der Waals surface area contributed by atoms with Crippen LogP contribution in [0.3, 0.4) is 0 Å². The van der Waals surface area contributed by atoms with Gasteiger partial charge in [-0.3, -0.25) is 4.79 Å². The third-order valence-corrected chi connectivity index (χ3v) is 5.70. The number of hydrogen-bond acceptors (Lipinski definition) is 4. The van der Waals surface area contributed by atoms with Crippen molar-refractivity contribution in [3.63, 3.8) is 0 Å². The number of nitrogens with two attached hydrogens (primary N) is 1. The minimum atomic E-state index is -3.84. The number of anilines is 1. The number of primary sulfonamides is 1. The molecule has 0 unspecified atom stereocenters. The van der Waals surface area contributed by atoms with Crippen LogP contribution in [-0.4, -0.2) is 14.3 Å². The van der Waals surface area contributed by atoms with Crippen LogP contribution in [0.15, 0.2) is 28.5 Å². The third kappa shape index (κ3) is 3.26. The Balaban J connectivity index is 2.37. The van der Waals surface area contributed by atoms with E-state index in [0.717, 1.165) is 5.56 Å². The van der Waals surface area contributed by atoms with Crippen molar-refractivity contribution < 1.29 is 13.2 Å². The molecule has 1 aromatic carbocycles. The van der Waals surface area contributed by atoms with Crippen molar-refractivity contribution in [3.05, 3.63) is 44.6 Å². The minimum Gasteiger partial charge on any atom is -0.321 e. The van der Waals surface area contributed by atoms with Gasteiger partial charge in [0.15, 0.2) is 0 Å². The predicted molar refractivity (Wildman–Crippen MR) is 84.6 cm³/mol. The summed E-state index contributed by atoms with van der Waals surface area (Å²) in [5, 5.41) is 9.98. The summed E-state index contributed by atoms with van der Waals surface area (Å²) in [5.41, 5.74) is 1.59. The number of aryl methyl sites for hydroxylation is 1. The Bertz CT molecular complexity index is 813. The summed E-state index contributed by atoms with van der Waals surface area (Å²) >= 11 is 7.28. The number of hydrogen-bond donors (Lipinski definition) is 2. The van der Waals surface area contributed by atoms with E-state index in [1.807, 2.05) is 6.92 Å². The first-order chi connectivity index (χ1) is 9.71. The first kappa shape index (κ1) is 16.0. The smallest absolute Gasteiger partial charge is 0.267 e. The summed E-state index contributed by atoms with van der Waals surface area (Å²) in [7, 11) is -3.84. The van der Waals surface area contributed by atoms with Gasteiger partial charge in [0.1, 0.15) is 4.88 Å². The van der Waals surface area contributed by atoms with Crippen molar-refractivity contribution in [2.45, 2.75) is 18.7 Å². The van der Waals surface area contributed by atoms with E-state index >= 15 is 0 Å². The Morgan fingerprint density at radius 3 is 2.52 bits per heavy atom. The number of carbonyl (C=O) groups is 1. The van der Waals surface area contributed by atoms with Crippen LogP contribution >= 0.6 is 22.9 Å². The lowest BCUT2D eigenvalue weighted by molar-refractivity contribution is 0.103. The number of nitrogens with one attached hydrogen (secondary N) is 1. The van der Waals surface area contributed by atoms with Crippen molar-refractivity contribution in [1.29, 1.82) is 0 Å². The van der Waals surface area contributed by atoms with Gasteiger partial charge in [0, 0.05) is 5.69 Å². The molecule has 112 valence electrons. The van der Waals surface area contributed by atoms with Crippen LogP contribution in [0.4, 0.5) is 5.69 Å². The zero-order chi connectivity index (χ0) is 15.8. The predicted octanol–water partition coefficient (Wildman–Crippen LogP) is 2.92. The van der Waals surface area contributed by atoms with Crippen LogP contribution in [0.2, 0.25) is 5.02 Å². The minimum absolute atomic E-state index is 0.0197. The molecule has 21 heavy (non-hydrogen) atoms. The van der Waals surface area contributed by atoms with Gasteiger partial charge in [-0.2, -0.15) is 0 Å². The standard InChI is InChI=1S/C13H13ClN2O3S2/c1-7-6-20-12(11(7)14)13(17)16-9-4-3-5-10(8(9)2)21(15,18)19/h3-6H,1-2H3,(H,16,17)(H2,15,18,19). The normalized spacial score (nSPS) is 11.4. The molecule has 8 heteroatoms. The van der Waals surface area contributed by atoms with Crippen molar-refractivity contribution in [3.8, 4) is 0 Å². The summed E-state index contributed by atoms with van der Waals surface area (Å²) < 4.78 is 22.9. The molecule has 1 amide bonds. The van der Waals surface area contributed by atoms with E-state index < -0.39 is 10.0 Å². The van der Waals surface area contributed by atoms with Gasteiger partial charge in [0.25, 0.3) is 5.91 Å². The van der Waals surface area contributed by atoms with Crippen molar-refractivity contribution in [2.24, 2.45) is 5.14 Å². The molecule has 0 aliphatic carbocycles. The van der Waals surface area contributed by atoms with E-state index in [4.69, 9.17) is 16.7 Å². The molecule has 1 heterocycles. The van der Waals surface area contributed by atoms with Crippen molar-refractivity contribution in [2.75, 3.05) is 5.32 Å². The van der Waals surface area contributed by atoms with Gasteiger partial charge in [-0.05, 0) is 42.5 Å². The molecule has 0 aliphatic heterocycles. The molecule has 2 rings (SSSR count). The fourth-order valence-corrected chi connectivity index (χ4v) is 3.80. The number of rotatable bonds is 3. The topological polar surface area (TPSA) is 89.3 Å². The van der Waals surface area contributed by atoms with Crippen molar-refractivity contribution >= 4 is 44.6 Å². The van der Waals surface area contributed by atoms with Gasteiger partial charge in [-0.25, -0.2) is 13.6 Å². The molecular formula is C13H13ClN2O3S2. The van der Waals surface area contributed by atoms with Gasteiger partial charge in [0.05, 0.1) is 9.92 Å². The lowest BCUT2D eigenvalue weighted by Gasteiger charge is -2.11. The number of halogens is 1. The highest BCUT2D eigenvalue weighted by molar-refractivity contribution is 7.89. The van der Waals surface area contributed by atoms with Crippen LogP contribution in [0.1, 0.15) is 20.8 Å². The molecule has 0 spiro atoms. The average Bonchev–Trinajstić information content (AvgIpc) is 2.71. The maximum atomic E-state index is 12.2. The summed E-state index contributed by atoms with van der Waals surface area (Å²) in [6.45, 7) is 3.39. The molecule has 5 nitrogen and oxygen atoms in total. The van der Waals surface area contributed by atoms with E-state index in [9.17, 15) is 13.2 Å². The summed E-state index contributed by atoms with van der Waals surface area (Å²) in [6.07, 6.45) is 0. The molecule has 2 aromatic rings. The van der Waals surface area contributed by atoms with E-state index in [1.54, 1.807) is 18.4 Å². The summed E-state index contributed by atoms with van der Waals surface area (Å²) in [4.78, 5) is 12.6. The number of carbonyl (C=O) groups excluding carboxylic acids is 1. The molecule has 0 bridgehead atoms. The Labute approximate surface area is 131 Å². The SMILES string of the molecule is Cc1csc(C(=O)Nc2cccc(S(N)(=O)=O)c2C)c1Cl. The fraction of sp³-hybridized carbons (Fsp3) is 0.154. The second kappa shape index (κ2) is 5.76. The van der Waals surface area contributed by atoms with Crippen LogP contribution in [-0.2, 0) is 10.0 Å². The van der Waals surface area contributed by atoms with Crippen LogP contribution in [0, 0.1) is 13.8 Å². The second-order valence-electron chi connectivity index (χ2n) is 4.49. The molecule has 0 fully saturated rings. The first-order valence-corrected chi connectivity index (χ1v) is 8.69. The Hall–Kier alpha value is -1.41. The molecule has 0 atom stereocenters. The number of thiophene rings is 1. The summed E-state index contributed by atoms with van der Waals surface area (Å²) in [5.74, 6) is -0.382. The number of sulfonamides is 1. The lowest BCUT2D eigenvalue weighted by atomic mass is 10.2. The second-order valence-corrected chi connectivity index (χ2v) is 7.28. The molecule has 0 saturated carbocycles. The van der Waals surface area contributed by atoms with Gasteiger partial charge in [0.2, 0.25) is 10.0 Å². The fourth-order valence-electron chi connectivity index (χ4n) is 1.82. The largest absolute Gasteiger partial charge is 0.321 e. The zero-order valence-electron chi connectivity index (χ0n) is 11.3. The Morgan fingerprint density at radius 1 is 1.33 bits per heavy atom. The van der Waals surface area contributed by atoms with Gasteiger partial charge >= 0.3 is 0 Å². The number of amides is 1.